The van der Waals surface area contributed by atoms with Crippen molar-refractivity contribution in [2.45, 2.75) is 58.5 Å². The molecule has 0 radical (unpaired) electrons. The number of nitrogens with one attached hydrogen (secondary N) is 1. The molecule has 96 valence electrons. The highest BCUT2D eigenvalue weighted by molar-refractivity contribution is 4.99. The summed E-state index contributed by atoms with van der Waals surface area (Å²) in [5.41, 5.74) is 1.30. The third kappa shape index (κ3) is 3.56. The monoisotopic (exact) mass is 235 g/mol. The zero-order valence-electron chi connectivity index (χ0n) is 11.2. The first-order valence-corrected chi connectivity index (χ1v) is 6.99. The topological polar surface area (TPSA) is 29.9 Å². The third-order valence-electron chi connectivity index (χ3n) is 3.77. The van der Waals surface area contributed by atoms with Gasteiger partial charge < -0.3 is 9.88 Å². The first-order chi connectivity index (χ1) is 8.27. The van der Waals surface area contributed by atoms with E-state index in [4.69, 9.17) is 0 Å². The van der Waals surface area contributed by atoms with Gasteiger partial charge in [-0.05, 0) is 39.2 Å². The Balaban J connectivity index is 1.75. The molecule has 1 saturated carbocycles. The van der Waals surface area contributed by atoms with Crippen LogP contribution in [0.5, 0.6) is 0 Å². The molecule has 0 bridgehead atoms. The maximum absolute atomic E-state index is 4.23. The molecule has 2 rings (SSSR count). The molecular formula is C14H25N3. The number of aromatic nitrogens is 2. The van der Waals surface area contributed by atoms with Crippen LogP contribution in [0.1, 0.15) is 57.7 Å². The Morgan fingerprint density at radius 1 is 1.35 bits per heavy atom. The van der Waals surface area contributed by atoms with Crippen molar-refractivity contribution in [2.75, 3.05) is 6.54 Å². The van der Waals surface area contributed by atoms with Crippen molar-refractivity contribution in [3.63, 3.8) is 0 Å². The summed E-state index contributed by atoms with van der Waals surface area (Å²) in [7, 11) is 0. The number of hydrogen-bond donors (Lipinski definition) is 1. The minimum Gasteiger partial charge on any atom is -0.331 e. The van der Waals surface area contributed by atoms with Gasteiger partial charge in [0.05, 0.1) is 12.0 Å². The molecule has 1 N–H and O–H groups in total. The summed E-state index contributed by atoms with van der Waals surface area (Å²) in [6, 6.07) is 0.504. The SMILES string of the molecule is CC(C)n1cncc1CNCC1CCCCC1. The predicted octanol–water partition coefficient (Wildman–Crippen LogP) is 3.13. The number of nitrogens with zero attached hydrogens (tertiary/aromatic N) is 2. The highest BCUT2D eigenvalue weighted by atomic mass is 15.1. The van der Waals surface area contributed by atoms with E-state index in [2.05, 4.69) is 28.7 Å². The smallest absolute Gasteiger partial charge is 0.0951 e. The molecule has 0 unspecified atom stereocenters. The number of imidazole rings is 1. The maximum atomic E-state index is 4.23. The van der Waals surface area contributed by atoms with Crippen molar-refractivity contribution in [1.82, 2.24) is 14.9 Å². The fourth-order valence-electron chi connectivity index (χ4n) is 2.73. The van der Waals surface area contributed by atoms with E-state index in [-0.39, 0.29) is 0 Å². The fraction of sp³-hybridized carbons (Fsp3) is 0.786. The first-order valence-electron chi connectivity index (χ1n) is 6.99. The molecule has 0 aromatic carbocycles. The Morgan fingerprint density at radius 2 is 2.12 bits per heavy atom. The van der Waals surface area contributed by atoms with E-state index in [1.165, 1.54) is 44.3 Å². The minimum absolute atomic E-state index is 0.504. The van der Waals surface area contributed by atoms with Crippen molar-refractivity contribution >= 4 is 0 Å². The van der Waals surface area contributed by atoms with Gasteiger partial charge in [0.25, 0.3) is 0 Å². The second kappa shape index (κ2) is 6.20. The van der Waals surface area contributed by atoms with Gasteiger partial charge in [-0.3, -0.25) is 0 Å². The second-order valence-corrected chi connectivity index (χ2v) is 5.52. The summed E-state index contributed by atoms with van der Waals surface area (Å²) < 4.78 is 2.24. The van der Waals surface area contributed by atoms with Gasteiger partial charge >= 0.3 is 0 Å². The molecule has 3 nitrogen and oxygen atoms in total. The Bertz CT molecular complexity index is 324. The van der Waals surface area contributed by atoms with Crippen LogP contribution >= 0.6 is 0 Å². The van der Waals surface area contributed by atoms with Crippen LogP contribution < -0.4 is 5.32 Å². The van der Waals surface area contributed by atoms with E-state index in [0.29, 0.717) is 6.04 Å². The van der Waals surface area contributed by atoms with E-state index in [1.807, 2.05) is 12.5 Å². The largest absolute Gasteiger partial charge is 0.331 e. The first kappa shape index (κ1) is 12.6. The summed E-state index contributed by atoms with van der Waals surface area (Å²) in [5, 5.41) is 3.59. The van der Waals surface area contributed by atoms with Crippen LogP contribution in [0, 0.1) is 5.92 Å². The predicted molar refractivity (Wildman–Crippen MR) is 70.9 cm³/mol. The van der Waals surface area contributed by atoms with Crippen LogP contribution in [0.4, 0.5) is 0 Å². The van der Waals surface area contributed by atoms with Gasteiger partial charge in [0.1, 0.15) is 0 Å². The van der Waals surface area contributed by atoms with Gasteiger partial charge in [-0.25, -0.2) is 4.98 Å². The van der Waals surface area contributed by atoms with Crippen molar-refractivity contribution in [3.05, 3.63) is 18.2 Å². The van der Waals surface area contributed by atoms with Gasteiger partial charge in [0.2, 0.25) is 0 Å². The van der Waals surface area contributed by atoms with E-state index < -0.39 is 0 Å². The van der Waals surface area contributed by atoms with E-state index in [1.54, 1.807) is 0 Å². The molecule has 0 aliphatic heterocycles. The Hall–Kier alpha value is -0.830. The lowest BCUT2D eigenvalue weighted by molar-refractivity contribution is 0.340. The van der Waals surface area contributed by atoms with E-state index in [0.717, 1.165) is 12.5 Å². The normalized spacial score (nSPS) is 17.8. The third-order valence-corrected chi connectivity index (χ3v) is 3.77. The molecule has 17 heavy (non-hydrogen) atoms. The van der Waals surface area contributed by atoms with E-state index in [9.17, 15) is 0 Å². The van der Waals surface area contributed by atoms with Gasteiger partial charge in [0.15, 0.2) is 0 Å². The van der Waals surface area contributed by atoms with Crippen molar-refractivity contribution in [1.29, 1.82) is 0 Å². The average molecular weight is 235 g/mol. The van der Waals surface area contributed by atoms with Crippen molar-refractivity contribution in [2.24, 2.45) is 5.92 Å². The summed E-state index contributed by atoms with van der Waals surface area (Å²) in [4.78, 5) is 4.23. The van der Waals surface area contributed by atoms with E-state index >= 15 is 0 Å². The van der Waals surface area contributed by atoms with Gasteiger partial charge in [-0.1, -0.05) is 19.3 Å². The number of rotatable bonds is 5. The second-order valence-electron chi connectivity index (χ2n) is 5.52. The highest BCUT2D eigenvalue weighted by Crippen LogP contribution is 2.22. The molecule has 3 heteroatoms. The van der Waals surface area contributed by atoms with Crippen LogP contribution in [-0.4, -0.2) is 16.1 Å². The summed E-state index contributed by atoms with van der Waals surface area (Å²) >= 11 is 0. The Kier molecular flexibility index (Phi) is 4.60. The molecule has 0 atom stereocenters. The Morgan fingerprint density at radius 3 is 2.82 bits per heavy atom. The molecule has 1 aromatic heterocycles. The maximum Gasteiger partial charge on any atom is 0.0951 e. The van der Waals surface area contributed by atoms with Gasteiger partial charge in [-0.2, -0.15) is 0 Å². The van der Waals surface area contributed by atoms with Gasteiger partial charge in [-0.15, -0.1) is 0 Å². The van der Waals surface area contributed by atoms with Gasteiger partial charge in [0, 0.05) is 18.8 Å². The zero-order valence-corrected chi connectivity index (χ0v) is 11.2. The molecule has 0 amide bonds. The van der Waals surface area contributed by atoms with Crippen molar-refractivity contribution < 1.29 is 0 Å². The quantitative estimate of drug-likeness (QED) is 0.849. The molecule has 1 heterocycles. The van der Waals surface area contributed by atoms with Crippen molar-refractivity contribution in [3.8, 4) is 0 Å². The lowest BCUT2D eigenvalue weighted by Crippen LogP contribution is -2.25. The zero-order chi connectivity index (χ0) is 12.1. The van der Waals surface area contributed by atoms with Crippen LogP contribution in [0.2, 0.25) is 0 Å². The van der Waals surface area contributed by atoms with Crippen LogP contribution in [0.3, 0.4) is 0 Å². The van der Waals surface area contributed by atoms with Crippen LogP contribution in [0.15, 0.2) is 12.5 Å². The van der Waals surface area contributed by atoms with Crippen LogP contribution in [0.25, 0.3) is 0 Å². The molecule has 1 aliphatic rings. The highest BCUT2D eigenvalue weighted by Gasteiger charge is 2.13. The molecular weight excluding hydrogens is 210 g/mol. The summed E-state index contributed by atoms with van der Waals surface area (Å²) in [6.07, 6.45) is 11.0. The lowest BCUT2D eigenvalue weighted by Gasteiger charge is -2.22. The average Bonchev–Trinajstić information content (AvgIpc) is 2.79. The summed E-state index contributed by atoms with van der Waals surface area (Å²) in [5.74, 6) is 0.902. The molecule has 0 saturated heterocycles. The fourth-order valence-corrected chi connectivity index (χ4v) is 2.73. The standard InChI is InChI=1S/C14H25N3/c1-12(2)17-11-16-10-14(17)9-15-8-13-6-4-3-5-7-13/h10-13,15H,3-9H2,1-2H3. The molecule has 0 spiro atoms. The molecule has 1 fully saturated rings. The molecule has 1 aliphatic carbocycles. The summed E-state index contributed by atoms with van der Waals surface area (Å²) in [6.45, 7) is 6.52. The van der Waals surface area contributed by atoms with Crippen LogP contribution in [-0.2, 0) is 6.54 Å². The molecule has 1 aromatic rings. The lowest BCUT2D eigenvalue weighted by atomic mass is 9.89. The minimum atomic E-state index is 0.504. The number of hydrogen-bond acceptors (Lipinski definition) is 2. The Labute approximate surface area is 105 Å².